The number of sulfonamides is 1. The van der Waals surface area contributed by atoms with E-state index in [4.69, 9.17) is 0 Å². The number of carbonyl (C=O) groups excluding carboxylic acids is 1. The minimum atomic E-state index is -3.57. The Morgan fingerprint density at radius 3 is 2.28 bits per heavy atom. The molecule has 1 N–H and O–H groups in total. The quantitative estimate of drug-likeness (QED) is 0.644. The lowest BCUT2D eigenvalue weighted by Gasteiger charge is -2.24. The lowest BCUT2D eigenvalue weighted by atomic mass is 10.1. The van der Waals surface area contributed by atoms with Crippen LogP contribution in [0.2, 0.25) is 0 Å². The molecular weight excluding hydrogens is 406 g/mol. The maximum absolute atomic E-state index is 12.8. The molecule has 1 amide bonds. The number of amides is 1. The second-order valence-corrected chi connectivity index (χ2v) is 10.2. The van der Waals surface area contributed by atoms with E-state index in [1.54, 1.807) is 23.9 Å². The molecule has 1 atom stereocenters. The van der Waals surface area contributed by atoms with Crippen LogP contribution < -0.4 is 5.32 Å². The van der Waals surface area contributed by atoms with Crippen LogP contribution in [0.4, 0.5) is 5.69 Å². The van der Waals surface area contributed by atoms with E-state index in [2.05, 4.69) is 29.6 Å². The number of aryl methyl sites for hydroxylation is 1. The van der Waals surface area contributed by atoms with Gasteiger partial charge in [-0.05, 0) is 62.5 Å². The monoisotopic (exact) mass is 435 g/mol. The molecule has 158 valence electrons. The van der Waals surface area contributed by atoms with Gasteiger partial charge in [0, 0.05) is 31.2 Å². The Labute approximate surface area is 178 Å². The van der Waals surface area contributed by atoms with Gasteiger partial charge in [-0.25, -0.2) is 12.7 Å². The highest BCUT2D eigenvalue weighted by Crippen LogP contribution is 2.23. The van der Waals surface area contributed by atoms with Gasteiger partial charge in [0.25, 0.3) is 0 Å². The van der Waals surface area contributed by atoms with Gasteiger partial charge in [-0.15, -0.1) is 11.8 Å². The first-order valence-electron chi connectivity index (χ1n) is 9.23. The number of carbonyl (C=O) groups is 1. The van der Waals surface area contributed by atoms with E-state index in [0.29, 0.717) is 12.2 Å². The zero-order valence-corrected chi connectivity index (χ0v) is 19.4. The molecule has 0 saturated heterocycles. The fraction of sp³-hybridized carbons (Fsp3) is 0.381. The molecule has 8 heteroatoms. The van der Waals surface area contributed by atoms with Gasteiger partial charge in [0.15, 0.2) is 0 Å². The lowest BCUT2D eigenvalue weighted by molar-refractivity contribution is -0.120. The molecule has 6 nitrogen and oxygen atoms in total. The van der Waals surface area contributed by atoms with E-state index >= 15 is 0 Å². The molecule has 29 heavy (non-hydrogen) atoms. The van der Waals surface area contributed by atoms with Gasteiger partial charge in [0.1, 0.15) is 0 Å². The van der Waals surface area contributed by atoms with Crippen molar-refractivity contribution in [3.05, 3.63) is 53.6 Å². The van der Waals surface area contributed by atoms with Crippen molar-refractivity contribution in [2.45, 2.75) is 36.2 Å². The summed E-state index contributed by atoms with van der Waals surface area (Å²) in [7, 11) is 1.29. The smallest absolute Gasteiger partial charge is 0.242 e. The van der Waals surface area contributed by atoms with Crippen LogP contribution >= 0.6 is 11.8 Å². The van der Waals surface area contributed by atoms with E-state index in [-0.39, 0.29) is 16.8 Å². The first-order valence-corrected chi connectivity index (χ1v) is 11.9. The van der Waals surface area contributed by atoms with E-state index in [0.717, 1.165) is 15.4 Å². The molecule has 2 aromatic rings. The summed E-state index contributed by atoms with van der Waals surface area (Å²) in [5.74, 6) is -0.185. The summed E-state index contributed by atoms with van der Waals surface area (Å²) in [6.45, 7) is 4.31. The minimum Gasteiger partial charge on any atom is -0.324 e. The predicted octanol–water partition coefficient (Wildman–Crippen LogP) is 3.43. The summed E-state index contributed by atoms with van der Waals surface area (Å²) in [6, 6.07) is 12.6. The summed E-state index contributed by atoms with van der Waals surface area (Å²) in [4.78, 5) is 16.1. The molecule has 2 rings (SSSR count). The van der Waals surface area contributed by atoms with Gasteiger partial charge in [0.2, 0.25) is 15.9 Å². The summed E-state index contributed by atoms with van der Waals surface area (Å²) >= 11 is 1.69. The van der Waals surface area contributed by atoms with E-state index in [1.807, 2.05) is 32.1 Å². The van der Waals surface area contributed by atoms with Crippen molar-refractivity contribution in [2.24, 2.45) is 0 Å². The Balaban J connectivity index is 2.12. The van der Waals surface area contributed by atoms with Crippen LogP contribution in [0.3, 0.4) is 0 Å². The van der Waals surface area contributed by atoms with Crippen molar-refractivity contribution in [1.29, 1.82) is 0 Å². The van der Waals surface area contributed by atoms with Crippen LogP contribution in [0.5, 0.6) is 0 Å². The molecule has 0 aliphatic rings. The molecule has 0 aliphatic heterocycles. The highest BCUT2D eigenvalue weighted by molar-refractivity contribution is 7.98. The topological polar surface area (TPSA) is 69.7 Å². The fourth-order valence-corrected chi connectivity index (χ4v) is 4.04. The summed E-state index contributed by atoms with van der Waals surface area (Å²) < 4.78 is 25.9. The van der Waals surface area contributed by atoms with Gasteiger partial charge < -0.3 is 5.32 Å². The fourth-order valence-electron chi connectivity index (χ4n) is 2.70. The van der Waals surface area contributed by atoms with Gasteiger partial charge in [0.05, 0.1) is 10.9 Å². The van der Waals surface area contributed by atoms with Gasteiger partial charge in [-0.2, -0.15) is 0 Å². The third-order valence-corrected chi connectivity index (χ3v) is 7.43. The predicted molar refractivity (Wildman–Crippen MR) is 120 cm³/mol. The molecule has 0 aliphatic carbocycles. The first-order chi connectivity index (χ1) is 13.6. The molecule has 2 aromatic carbocycles. The zero-order valence-electron chi connectivity index (χ0n) is 17.8. The van der Waals surface area contributed by atoms with Gasteiger partial charge >= 0.3 is 0 Å². The second-order valence-electron chi connectivity index (χ2n) is 7.19. The van der Waals surface area contributed by atoms with E-state index in [1.165, 1.54) is 25.1 Å². The number of nitrogens with one attached hydrogen (secondary N) is 1. The van der Waals surface area contributed by atoms with Crippen LogP contribution in [0, 0.1) is 6.92 Å². The number of nitrogens with zero attached hydrogens (tertiary/aromatic N) is 2. The van der Waals surface area contributed by atoms with Crippen molar-refractivity contribution in [3.63, 3.8) is 0 Å². The maximum Gasteiger partial charge on any atom is 0.242 e. The maximum atomic E-state index is 12.8. The van der Waals surface area contributed by atoms with E-state index < -0.39 is 10.0 Å². The molecule has 0 spiro atoms. The van der Waals surface area contributed by atoms with Crippen LogP contribution in [0.1, 0.15) is 18.1 Å². The second kappa shape index (κ2) is 9.75. The number of likely N-dealkylation sites (N-methyl/N-ethyl adjacent to an activating group) is 1. The van der Waals surface area contributed by atoms with Crippen molar-refractivity contribution in [1.82, 2.24) is 9.21 Å². The number of hydrogen-bond donors (Lipinski definition) is 1. The standard InChI is InChI=1S/C21H29N3O3S2/c1-15-7-12-19(29(26,27)23(3)4)13-20(15)22-21(25)16(2)24(5)14-17-8-10-18(28-6)11-9-17/h7-13,16H,14H2,1-6H3,(H,22,25)/t16-/m1/s1. The summed E-state index contributed by atoms with van der Waals surface area (Å²) in [5.41, 5.74) is 2.43. The normalized spacial score (nSPS) is 13.0. The highest BCUT2D eigenvalue weighted by atomic mass is 32.2. The molecular formula is C21H29N3O3S2. The highest BCUT2D eigenvalue weighted by Gasteiger charge is 2.21. The number of benzene rings is 2. The average Bonchev–Trinajstić information content (AvgIpc) is 2.69. The summed E-state index contributed by atoms with van der Waals surface area (Å²) in [5, 5.41) is 2.88. The Bertz CT molecular complexity index is 958. The molecule has 0 saturated carbocycles. The van der Waals surface area contributed by atoms with Crippen LogP contribution in [0.25, 0.3) is 0 Å². The summed E-state index contributed by atoms with van der Waals surface area (Å²) in [6.07, 6.45) is 2.04. The molecule has 0 heterocycles. The van der Waals surface area contributed by atoms with Crippen LogP contribution in [-0.4, -0.2) is 57.0 Å². The molecule has 0 radical (unpaired) electrons. The van der Waals surface area contributed by atoms with Gasteiger partial charge in [-0.1, -0.05) is 18.2 Å². The number of anilines is 1. The lowest BCUT2D eigenvalue weighted by Crippen LogP contribution is -2.39. The van der Waals surface area contributed by atoms with Crippen LogP contribution in [0.15, 0.2) is 52.3 Å². The Hall–Kier alpha value is -1.87. The van der Waals surface area contributed by atoms with Crippen molar-refractivity contribution < 1.29 is 13.2 Å². The molecule has 0 aromatic heterocycles. The average molecular weight is 436 g/mol. The number of rotatable bonds is 8. The zero-order chi connectivity index (χ0) is 21.8. The van der Waals surface area contributed by atoms with Crippen molar-refractivity contribution in [3.8, 4) is 0 Å². The number of thioether (sulfide) groups is 1. The van der Waals surface area contributed by atoms with Crippen LogP contribution in [-0.2, 0) is 21.4 Å². The first kappa shape index (κ1) is 23.4. The molecule has 0 fully saturated rings. The minimum absolute atomic E-state index is 0.151. The van der Waals surface area contributed by atoms with E-state index in [9.17, 15) is 13.2 Å². The Kier molecular flexibility index (Phi) is 7.87. The Morgan fingerprint density at radius 1 is 1.10 bits per heavy atom. The third-order valence-electron chi connectivity index (χ3n) is 4.88. The SMILES string of the molecule is CSc1ccc(CN(C)[C@H](C)C(=O)Nc2cc(S(=O)(=O)N(C)C)ccc2C)cc1. The Morgan fingerprint density at radius 2 is 1.72 bits per heavy atom. The number of hydrogen-bond acceptors (Lipinski definition) is 5. The van der Waals surface area contributed by atoms with Crippen molar-refractivity contribution in [2.75, 3.05) is 32.7 Å². The third kappa shape index (κ3) is 5.82. The largest absolute Gasteiger partial charge is 0.324 e. The molecule has 0 unspecified atom stereocenters. The van der Waals surface area contributed by atoms with Gasteiger partial charge in [-0.3, -0.25) is 9.69 Å². The molecule has 0 bridgehead atoms. The van der Waals surface area contributed by atoms with Crippen molar-refractivity contribution >= 4 is 33.4 Å².